The van der Waals surface area contributed by atoms with Crippen LogP contribution in [-0.2, 0) is 6.54 Å². The number of hydrogen-bond acceptors (Lipinski definition) is 2. The maximum atomic E-state index is 13.0. The van der Waals surface area contributed by atoms with Crippen LogP contribution in [0.15, 0.2) is 24.3 Å². The van der Waals surface area contributed by atoms with Gasteiger partial charge in [-0.25, -0.2) is 8.78 Å². The van der Waals surface area contributed by atoms with Gasteiger partial charge in [-0.2, -0.15) is 0 Å². The second-order valence-electron chi connectivity index (χ2n) is 5.16. The van der Waals surface area contributed by atoms with E-state index in [0.717, 1.165) is 17.7 Å². The van der Waals surface area contributed by atoms with E-state index in [4.69, 9.17) is 5.73 Å². The van der Waals surface area contributed by atoms with Gasteiger partial charge >= 0.3 is 0 Å². The molecule has 1 aliphatic rings. The monoisotopic (exact) mass is 254 g/mol. The van der Waals surface area contributed by atoms with E-state index >= 15 is 0 Å². The molecule has 0 aliphatic carbocycles. The third-order valence-corrected chi connectivity index (χ3v) is 3.50. The Morgan fingerprint density at radius 1 is 1.22 bits per heavy atom. The van der Waals surface area contributed by atoms with Crippen LogP contribution in [0.1, 0.15) is 36.9 Å². The molecule has 0 aromatic heterocycles. The lowest BCUT2D eigenvalue weighted by Gasteiger charge is -2.31. The fourth-order valence-electron chi connectivity index (χ4n) is 2.22. The number of likely N-dealkylation sites (tertiary alicyclic amines) is 1. The highest BCUT2D eigenvalue weighted by molar-refractivity contribution is 5.24. The molecule has 0 spiro atoms. The largest absolute Gasteiger partial charge is 0.324 e. The van der Waals surface area contributed by atoms with E-state index in [1.807, 2.05) is 31.2 Å². The van der Waals surface area contributed by atoms with Crippen molar-refractivity contribution in [2.24, 2.45) is 5.73 Å². The van der Waals surface area contributed by atoms with Gasteiger partial charge in [0.15, 0.2) is 0 Å². The standard InChI is InChI=1S/C14H20F2N2/c1-11(17)13-4-2-12(3-5-13)10-18-8-6-14(15,16)7-9-18/h2-5,11H,6-10,17H2,1H3/t11-/m0/s1. The lowest BCUT2D eigenvalue weighted by Crippen LogP contribution is -2.38. The zero-order valence-corrected chi connectivity index (χ0v) is 10.7. The average Bonchev–Trinajstić information content (AvgIpc) is 2.33. The van der Waals surface area contributed by atoms with Gasteiger partial charge in [-0.3, -0.25) is 4.90 Å². The SMILES string of the molecule is C[C@H](N)c1ccc(CN2CCC(F)(F)CC2)cc1. The maximum Gasteiger partial charge on any atom is 0.250 e. The number of alkyl halides is 2. The Bertz CT molecular complexity index is 377. The molecule has 2 rings (SSSR count). The molecule has 2 N–H and O–H groups in total. The van der Waals surface area contributed by atoms with Crippen LogP contribution in [0.4, 0.5) is 8.78 Å². The third-order valence-electron chi connectivity index (χ3n) is 3.50. The van der Waals surface area contributed by atoms with E-state index in [2.05, 4.69) is 4.90 Å². The lowest BCUT2D eigenvalue weighted by atomic mass is 10.0. The molecule has 1 atom stereocenters. The van der Waals surface area contributed by atoms with Gasteiger partial charge in [0.2, 0.25) is 0 Å². The summed E-state index contributed by atoms with van der Waals surface area (Å²) >= 11 is 0. The van der Waals surface area contributed by atoms with E-state index in [9.17, 15) is 8.78 Å². The van der Waals surface area contributed by atoms with Crippen LogP contribution in [0.2, 0.25) is 0 Å². The molecule has 1 fully saturated rings. The normalized spacial score (nSPS) is 21.8. The summed E-state index contributed by atoms with van der Waals surface area (Å²) in [7, 11) is 0. The second kappa shape index (κ2) is 5.33. The summed E-state index contributed by atoms with van der Waals surface area (Å²) in [5, 5.41) is 0. The summed E-state index contributed by atoms with van der Waals surface area (Å²) in [6.45, 7) is 3.64. The molecule has 1 aromatic carbocycles. The van der Waals surface area contributed by atoms with E-state index in [0.29, 0.717) is 13.1 Å². The van der Waals surface area contributed by atoms with Crippen molar-refractivity contribution in [1.29, 1.82) is 0 Å². The Morgan fingerprint density at radius 2 is 1.78 bits per heavy atom. The Labute approximate surface area is 107 Å². The summed E-state index contributed by atoms with van der Waals surface area (Å²) in [5.74, 6) is -2.46. The molecule has 1 heterocycles. The van der Waals surface area contributed by atoms with Gasteiger partial charge in [0.05, 0.1) is 0 Å². The van der Waals surface area contributed by atoms with Crippen molar-refractivity contribution in [2.45, 2.75) is 38.3 Å². The first kappa shape index (κ1) is 13.4. The van der Waals surface area contributed by atoms with Crippen LogP contribution in [0.5, 0.6) is 0 Å². The third kappa shape index (κ3) is 3.50. The van der Waals surface area contributed by atoms with Gasteiger partial charge in [0.1, 0.15) is 0 Å². The first-order valence-corrected chi connectivity index (χ1v) is 6.41. The molecule has 0 unspecified atom stereocenters. The molecular formula is C14H20F2N2. The quantitative estimate of drug-likeness (QED) is 0.898. The summed E-state index contributed by atoms with van der Waals surface area (Å²) in [6, 6.07) is 8.13. The zero-order valence-electron chi connectivity index (χ0n) is 10.7. The van der Waals surface area contributed by atoms with E-state index in [1.165, 1.54) is 0 Å². The van der Waals surface area contributed by atoms with Crippen molar-refractivity contribution >= 4 is 0 Å². The zero-order chi connectivity index (χ0) is 13.2. The van der Waals surface area contributed by atoms with Crippen molar-refractivity contribution in [2.75, 3.05) is 13.1 Å². The van der Waals surface area contributed by atoms with Crippen LogP contribution >= 0.6 is 0 Å². The molecule has 2 nitrogen and oxygen atoms in total. The molecule has 1 aliphatic heterocycles. The molecule has 0 saturated carbocycles. The molecule has 0 radical (unpaired) electrons. The highest BCUT2D eigenvalue weighted by Crippen LogP contribution is 2.28. The molecule has 0 bridgehead atoms. The van der Waals surface area contributed by atoms with Gasteiger partial charge in [0, 0.05) is 38.5 Å². The second-order valence-corrected chi connectivity index (χ2v) is 5.16. The summed E-state index contributed by atoms with van der Waals surface area (Å²) < 4.78 is 26.0. The smallest absolute Gasteiger partial charge is 0.250 e. The minimum Gasteiger partial charge on any atom is -0.324 e. The molecular weight excluding hydrogens is 234 g/mol. The Morgan fingerprint density at radius 3 is 2.28 bits per heavy atom. The van der Waals surface area contributed by atoms with Crippen molar-refractivity contribution in [3.8, 4) is 0 Å². The van der Waals surface area contributed by atoms with Gasteiger partial charge in [-0.1, -0.05) is 24.3 Å². The lowest BCUT2D eigenvalue weighted by molar-refractivity contribution is -0.0566. The minimum atomic E-state index is -2.46. The number of piperidine rings is 1. The minimum absolute atomic E-state index is 0.0229. The summed E-state index contributed by atoms with van der Waals surface area (Å²) in [6.07, 6.45) is -0.0458. The molecule has 18 heavy (non-hydrogen) atoms. The predicted octanol–water partition coefficient (Wildman–Crippen LogP) is 2.94. The van der Waals surface area contributed by atoms with Crippen LogP contribution in [-0.4, -0.2) is 23.9 Å². The number of halogens is 2. The molecule has 0 amide bonds. The Balaban J connectivity index is 1.90. The fourth-order valence-corrected chi connectivity index (χ4v) is 2.22. The van der Waals surface area contributed by atoms with Crippen molar-refractivity contribution < 1.29 is 8.78 Å². The van der Waals surface area contributed by atoms with Gasteiger partial charge < -0.3 is 5.73 Å². The van der Waals surface area contributed by atoms with E-state index in [-0.39, 0.29) is 18.9 Å². The maximum absolute atomic E-state index is 13.0. The van der Waals surface area contributed by atoms with Crippen molar-refractivity contribution in [1.82, 2.24) is 4.90 Å². The fraction of sp³-hybridized carbons (Fsp3) is 0.571. The first-order valence-electron chi connectivity index (χ1n) is 6.41. The number of benzene rings is 1. The molecule has 1 saturated heterocycles. The van der Waals surface area contributed by atoms with Crippen LogP contribution in [0, 0.1) is 0 Å². The Kier molecular flexibility index (Phi) is 3.97. The number of nitrogens with two attached hydrogens (primary N) is 1. The highest BCUT2D eigenvalue weighted by atomic mass is 19.3. The van der Waals surface area contributed by atoms with Crippen LogP contribution < -0.4 is 5.73 Å². The van der Waals surface area contributed by atoms with Gasteiger partial charge in [0.25, 0.3) is 5.92 Å². The van der Waals surface area contributed by atoms with Crippen molar-refractivity contribution in [3.05, 3.63) is 35.4 Å². The van der Waals surface area contributed by atoms with Crippen molar-refractivity contribution in [3.63, 3.8) is 0 Å². The number of hydrogen-bond donors (Lipinski definition) is 1. The van der Waals surface area contributed by atoms with Gasteiger partial charge in [-0.15, -0.1) is 0 Å². The highest BCUT2D eigenvalue weighted by Gasteiger charge is 2.33. The molecule has 4 heteroatoms. The Hall–Kier alpha value is -1.00. The van der Waals surface area contributed by atoms with E-state index in [1.54, 1.807) is 0 Å². The number of rotatable bonds is 3. The van der Waals surface area contributed by atoms with E-state index < -0.39 is 5.92 Å². The molecule has 100 valence electrons. The van der Waals surface area contributed by atoms with Crippen LogP contribution in [0.3, 0.4) is 0 Å². The average molecular weight is 254 g/mol. The predicted molar refractivity (Wildman–Crippen MR) is 68.5 cm³/mol. The van der Waals surface area contributed by atoms with Crippen LogP contribution in [0.25, 0.3) is 0 Å². The summed E-state index contributed by atoms with van der Waals surface area (Å²) in [5.41, 5.74) is 8.04. The van der Waals surface area contributed by atoms with Gasteiger partial charge in [-0.05, 0) is 18.1 Å². The number of nitrogens with zero attached hydrogens (tertiary/aromatic N) is 1. The molecule has 1 aromatic rings. The topological polar surface area (TPSA) is 29.3 Å². The summed E-state index contributed by atoms with van der Waals surface area (Å²) in [4.78, 5) is 2.08. The first-order chi connectivity index (χ1) is 8.46.